The second-order valence-corrected chi connectivity index (χ2v) is 6.97. The van der Waals surface area contributed by atoms with Crippen molar-refractivity contribution in [1.29, 1.82) is 0 Å². The summed E-state index contributed by atoms with van der Waals surface area (Å²) < 4.78 is 17.6. The summed E-state index contributed by atoms with van der Waals surface area (Å²) in [5.74, 6) is -0.544. The van der Waals surface area contributed by atoms with Crippen molar-refractivity contribution in [3.63, 3.8) is 0 Å². The van der Waals surface area contributed by atoms with Crippen LogP contribution in [0, 0.1) is 0 Å². The van der Waals surface area contributed by atoms with Crippen molar-refractivity contribution in [2.24, 2.45) is 0 Å². The molecule has 2 atom stereocenters. The predicted molar refractivity (Wildman–Crippen MR) is 103 cm³/mol. The van der Waals surface area contributed by atoms with Crippen LogP contribution in [0.2, 0.25) is 0 Å². The van der Waals surface area contributed by atoms with Gasteiger partial charge in [0.15, 0.2) is 11.6 Å². The smallest absolute Gasteiger partial charge is 0.164 e. The van der Waals surface area contributed by atoms with Crippen LogP contribution in [0.15, 0.2) is 55.1 Å². The van der Waals surface area contributed by atoms with Gasteiger partial charge in [-0.2, -0.15) is 0 Å². The molecule has 1 aliphatic heterocycles. The van der Waals surface area contributed by atoms with Crippen LogP contribution in [0.1, 0.15) is 45.1 Å². The zero-order valence-electron chi connectivity index (χ0n) is 15.9. The summed E-state index contributed by atoms with van der Waals surface area (Å²) in [7, 11) is 0. The van der Waals surface area contributed by atoms with Crippen molar-refractivity contribution in [2.45, 2.75) is 64.1 Å². The lowest BCUT2D eigenvalue weighted by Crippen LogP contribution is -2.21. The molecule has 1 aromatic carbocycles. The molecular weight excluding hydrogens is 328 g/mol. The molecule has 0 aromatic heterocycles. The monoisotopic (exact) mass is 358 g/mol. The second-order valence-electron chi connectivity index (χ2n) is 6.97. The quantitative estimate of drug-likeness (QED) is 0.330. The molecule has 0 amide bonds. The molecule has 4 nitrogen and oxygen atoms in total. The molecule has 2 rings (SSSR count). The zero-order chi connectivity index (χ0) is 18.8. The highest BCUT2D eigenvalue weighted by Crippen LogP contribution is 2.31. The van der Waals surface area contributed by atoms with Gasteiger partial charge in [-0.15, -0.1) is 6.58 Å². The Morgan fingerprint density at radius 3 is 2.77 bits per heavy atom. The van der Waals surface area contributed by atoms with Crippen LogP contribution < -0.4 is 0 Å². The number of hydrogen-bond acceptors (Lipinski definition) is 4. The standard InChI is InChI=1S/C22H30O4/c1-4-5-12-19(23)14-15-21-20(25-22(2,3)26-21)13-9-16-24-17-18-10-7-6-8-11-18/h4,6-8,10-11,14-15,20-21H,1,5,9,12-13,16-17H2,2-3H3/b15-14+/t20-,21-/m0/s1. The maximum Gasteiger partial charge on any atom is 0.164 e. The average molecular weight is 358 g/mol. The third-order valence-corrected chi connectivity index (χ3v) is 4.18. The Morgan fingerprint density at radius 1 is 1.27 bits per heavy atom. The van der Waals surface area contributed by atoms with Gasteiger partial charge in [0.25, 0.3) is 0 Å². The lowest BCUT2D eigenvalue weighted by atomic mass is 10.1. The summed E-state index contributed by atoms with van der Waals surface area (Å²) >= 11 is 0. The normalized spacial score (nSPS) is 21.9. The van der Waals surface area contributed by atoms with Crippen LogP contribution in [0.4, 0.5) is 0 Å². The first-order valence-electron chi connectivity index (χ1n) is 9.29. The van der Waals surface area contributed by atoms with E-state index >= 15 is 0 Å². The summed E-state index contributed by atoms with van der Waals surface area (Å²) in [6.45, 7) is 8.73. The van der Waals surface area contributed by atoms with Crippen molar-refractivity contribution < 1.29 is 19.0 Å². The Morgan fingerprint density at radius 2 is 2.04 bits per heavy atom. The minimum Gasteiger partial charge on any atom is -0.377 e. The first-order chi connectivity index (χ1) is 12.5. The SMILES string of the molecule is C=CCCC(=O)/C=C/[C@@H]1OC(C)(C)O[C@H]1CCCOCc1ccccc1. The maximum absolute atomic E-state index is 11.8. The first kappa shape index (κ1) is 20.6. The summed E-state index contributed by atoms with van der Waals surface area (Å²) in [5.41, 5.74) is 1.17. The third kappa shape index (κ3) is 7.24. The lowest BCUT2D eigenvalue weighted by molar-refractivity contribution is -0.143. The van der Waals surface area contributed by atoms with E-state index in [1.165, 1.54) is 5.56 Å². The molecule has 0 N–H and O–H groups in total. The molecule has 1 aromatic rings. The largest absolute Gasteiger partial charge is 0.377 e. The van der Waals surface area contributed by atoms with Gasteiger partial charge < -0.3 is 14.2 Å². The van der Waals surface area contributed by atoms with E-state index in [1.54, 1.807) is 12.2 Å². The fraction of sp³-hybridized carbons (Fsp3) is 0.500. The Bertz CT molecular complexity index is 591. The molecule has 0 radical (unpaired) electrons. The van der Waals surface area contributed by atoms with Crippen LogP contribution in [0.25, 0.3) is 0 Å². The van der Waals surface area contributed by atoms with Crippen LogP contribution >= 0.6 is 0 Å². The number of carbonyl (C=O) groups excluding carboxylic acids is 1. The van der Waals surface area contributed by atoms with E-state index in [4.69, 9.17) is 14.2 Å². The minimum absolute atomic E-state index is 0.0613. The molecule has 1 aliphatic rings. The van der Waals surface area contributed by atoms with E-state index < -0.39 is 5.79 Å². The number of hydrogen-bond donors (Lipinski definition) is 0. The molecule has 26 heavy (non-hydrogen) atoms. The van der Waals surface area contributed by atoms with Crippen molar-refractivity contribution in [1.82, 2.24) is 0 Å². The Labute approximate surface area is 156 Å². The Balaban J connectivity index is 1.75. The van der Waals surface area contributed by atoms with Gasteiger partial charge in [-0.3, -0.25) is 4.79 Å². The fourth-order valence-electron chi connectivity index (χ4n) is 2.93. The number of ketones is 1. The molecule has 4 heteroatoms. The van der Waals surface area contributed by atoms with E-state index in [0.29, 0.717) is 26.1 Å². The molecular formula is C22H30O4. The number of rotatable bonds is 11. The van der Waals surface area contributed by atoms with E-state index in [1.807, 2.05) is 38.1 Å². The topological polar surface area (TPSA) is 44.8 Å². The molecule has 0 aliphatic carbocycles. The van der Waals surface area contributed by atoms with Gasteiger partial charge in [0.2, 0.25) is 0 Å². The van der Waals surface area contributed by atoms with Gasteiger partial charge in [-0.05, 0) is 50.8 Å². The molecule has 1 fully saturated rings. The number of ether oxygens (including phenoxy) is 3. The second kappa shape index (κ2) is 10.4. The highest BCUT2D eigenvalue weighted by molar-refractivity contribution is 5.89. The number of carbonyl (C=O) groups is 1. The summed E-state index contributed by atoms with van der Waals surface area (Å²) in [6, 6.07) is 10.1. The highest BCUT2D eigenvalue weighted by atomic mass is 16.7. The van der Waals surface area contributed by atoms with Crippen molar-refractivity contribution in [3.8, 4) is 0 Å². The Kier molecular flexibility index (Phi) is 8.23. The summed E-state index contributed by atoms with van der Waals surface area (Å²) in [5, 5.41) is 0. The van der Waals surface area contributed by atoms with E-state index in [-0.39, 0.29) is 18.0 Å². The van der Waals surface area contributed by atoms with Gasteiger partial charge in [-0.1, -0.05) is 36.4 Å². The average Bonchev–Trinajstić information content (AvgIpc) is 2.92. The van der Waals surface area contributed by atoms with Gasteiger partial charge in [0, 0.05) is 13.0 Å². The maximum atomic E-state index is 11.8. The molecule has 0 bridgehead atoms. The third-order valence-electron chi connectivity index (χ3n) is 4.18. The van der Waals surface area contributed by atoms with Crippen molar-refractivity contribution in [2.75, 3.05) is 6.61 Å². The fourth-order valence-corrected chi connectivity index (χ4v) is 2.93. The van der Waals surface area contributed by atoms with Gasteiger partial charge in [0.1, 0.15) is 6.10 Å². The summed E-state index contributed by atoms with van der Waals surface area (Å²) in [4.78, 5) is 11.8. The molecule has 142 valence electrons. The van der Waals surface area contributed by atoms with Crippen LogP contribution in [-0.4, -0.2) is 30.4 Å². The van der Waals surface area contributed by atoms with Crippen LogP contribution in [-0.2, 0) is 25.6 Å². The van der Waals surface area contributed by atoms with E-state index in [0.717, 1.165) is 12.8 Å². The van der Waals surface area contributed by atoms with E-state index in [9.17, 15) is 4.79 Å². The molecule has 1 heterocycles. The summed E-state index contributed by atoms with van der Waals surface area (Å²) in [6.07, 6.45) is 7.81. The van der Waals surface area contributed by atoms with Crippen LogP contribution in [0.3, 0.4) is 0 Å². The van der Waals surface area contributed by atoms with E-state index in [2.05, 4.69) is 18.7 Å². The zero-order valence-corrected chi connectivity index (χ0v) is 15.9. The van der Waals surface area contributed by atoms with Gasteiger partial charge in [0.05, 0.1) is 12.7 Å². The molecule has 0 unspecified atom stereocenters. The van der Waals surface area contributed by atoms with Crippen molar-refractivity contribution in [3.05, 3.63) is 60.7 Å². The number of benzene rings is 1. The van der Waals surface area contributed by atoms with Gasteiger partial charge >= 0.3 is 0 Å². The predicted octanol–water partition coefficient (Wildman–Crippen LogP) is 4.60. The highest BCUT2D eigenvalue weighted by Gasteiger charge is 2.39. The molecule has 0 spiro atoms. The van der Waals surface area contributed by atoms with Crippen LogP contribution in [0.5, 0.6) is 0 Å². The van der Waals surface area contributed by atoms with Crippen molar-refractivity contribution >= 4 is 5.78 Å². The lowest BCUT2D eigenvalue weighted by Gasteiger charge is -2.16. The number of allylic oxidation sites excluding steroid dienone is 2. The molecule has 0 saturated carbocycles. The first-order valence-corrected chi connectivity index (χ1v) is 9.29. The minimum atomic E-state index is -0.630. The Hall–Kier alpha value is -1.75. The molecule has 1 saturated heterocycles. The van der Waals surface area contributed by atoms with Gasteiger partial charge in [-0.25, -0.2) is 0 Å².